The van der Waals surface area contributed by atoms with Gasteiger partial charge in [0.05, 0.1) is 13.7 Å². The number of hydrogen-bond donors (Lipinski definition) is 1. The Morgan fingerprint density at radius 3 is 2.62 bits per heavy atom. The number of carbonyl (C=O) groups excluding carboxylic acids is 2. The maximum absolute atomic E-state index is 12.4. The minimum absolute atomic E-state index is 0.122. The number of nitrogens with zero attached hydrogens (tertiary/aromatic N) is 3. The Kier molecular flexibility index (Phi) is 5.66. The van der Waals surface area contributed by atoms with Gasteiger partial charge in [0.2, 0.25) is 0 Å². The zero-order valence-electron chi connectivity index (χ0n) is 13.8. The van der Waals surface area contributed by atoms with Crippen LogP contribution in [0.5, 0.6) is 6.01 Å². The summed E-state index contributed by atoms with van der Waals surface area (Å²) >= 11 is 0.819. The molecule has 142 valence electrons. The lowest BCUT2D eigenvalue weighted by atomic mass is 10.5. The number of rotatable bonds is 6. The molecule has 0 saturated heterocycles. The lowest BCUT2D eigenvalue weighted by Gasteiger charge is -2.06. The largest absolute Gasteiger partial charge is 0.465 e. The molecule has 0 aliphatic rings. The van der Waals surface area contributed by atoms with Crippen LogP contribution in [0.2, 0.25) is 0 Å². The van der Waals surface area contributed by atoms with Gasteiger partial charge in [-0.15, -0.1) is 21.1 Å². The zero-order chi connectivity index (χ0) is 19.5. The number of nitrogens with one attached hydrogen (secondary N) is 1. The minimum Gasteiger partial charge on any atom is -0.465 e. The van der Waals surface area contributed by atoms with E-state index in [1.165, 1.54) is 5.38 Å². The average molecular weight is 406 g/mol. The van der Waals surface area contributed by atoms with Gasteiger partial charge in [-0.2, -0.15) is 0 Å². The van der Waals surface area contributed by atoms with Crippen molar-refractivity contribution in [1.29, 1.82) is 0 Å². The van der Waals surface area contributed by atoms with Crippen molar-refractivity contribution in [3.05, 3.63) is 26.8 Å². The van der Waals surface area contributed by atoms with Crippen LogP contribution in [-0.4, -0.2) is 55.8 Å². The number of methoxy groups -OCH3 is 1. The zero-order valence-corrected chi connectivity index (χ0v) is 15.4. The molecule has 0 fully saturated rings. The lowest BCUT2D eigenvalue weighted by Crippen LogP contribution is -2.41. The first kappa shape index (κ1) is 19.5. The molecule has 2 aromatic rings. The Bertz CT molecular complexity index is 987. The van der Waals surface area contributed by atoms with Gasteiger partial charge < -0.3 is 14.3 Å². The molecule has 1 amide bonds. The van der Waals surface area contributed by atoms with E-state index in [2.05, 4.69) is 9.84 Å². The highest BCUT2D eigenvalue weighted by atomic mass is 32.2. The van der Waals surface area contributed by atoms with Crippen LogP contribution in [0, 0.1) is 0 Å². The molecule has 12 nitrogen and oxygen atoms in total. The second kappa shape index (κ2) is 7.57. The summed E-state index contributed by atoms with van der Waals surface area (Å²) in [5, 5.41) is 4.90. The topological polar surface area (TPSA) is 148 Å². The molecule has 0 aromatic carbocycles. The first-order valence-corrected chi connectivity index (χ1v) is 9.25. The number of aromatic nitrogens is 3. The molecule has 0 radical (unpaired) electrons. The molecule has 0 atom stereocenters. The van der Waals surface area contributed by atoms with Crippen molar-refractivity contribution in [2.24, 2.45) is 0 Å². The van der Waals surface area contributed by atoms with Gasteiger partial charge >= 0.3 is 23.7 Å². The van der Waals surface area contributed by atoms with Crippen molar-refractivity contribution in [2.75, 3.05) is 20.8 Å². The Morgan fingerprint density at radius 1 is 1.35 bits per heavy atom. The first-order chi connectivity index (χ1) is 12.3. The van der Waals surface area contributed by atoms with Crippen LogP contribution in [0.1, 0.15) is 16.6 Å². The fourth-order valence-electron chi connectivity index (χ4n) is 1.81. The van der Waals surface area contributed by atoms with E-state index in [9.17, 15) is 22.8 Å². The van der Waals surface area contributed by atoms with Gasteiger partial charge in [0.25, 0.3) is 10.0 Å². The Morgan fingerprint density at radius 2 is 2.04 bits per heavy atom. The van der Waals surface area contributed by atoms with Gasteiger partial charge in [0.15, 0.2) is 0 Å². The third-order valence-corrected chi connectivity index (χ3v) is 5.26. The lowest BCUT2D eigenvalue weighted by molar-refractivity contribution is 0.0602. The summed E-state index contributed by atoms with van der Waals surface area (Å²) in [6.45, 7) is 1.73. The standard InChI is InChI=1S/C12H14N4O8S2/c1-4-24-11-13-15(12(19)16(11)23-3)10(18)14-26(20,21)7-5-6-25-8(7)9(17)22-2/h5-6H,4H2,1-3H3,(H,14,18). The summed E-state index contributed by atoms with van der Waals surface area (Å²) in [4.78, 5) is 39.9. The molecular formula is C12H14N4O8S2. The van der Waals surface area contributed by atoms with E-state index in [4.69, 9.17) is 9.57 Å². The Balaban J connectivity index is 2.37. The highest BCUT2D eigenvalue weighted by Gasteiger charge is 2.29. The van der Waals surface area contributed by atoms with Gasteiger partial charge in [0, 0.05) is 0 Å². The Hall–Kier alpha value is -2.87. The first-order valence-electron chi connectivity index (χ1n) is 6.89. The summed E-state index contributed by atoms with van der Waals surface area (Å²) in [6, 6.07) is -0.596. The summed E-state index contributed by atoms with van der Waals surface area (Å²) in [5.74, 6) is -0.882. The van der Waals surface area contributed by atoms with Crippen molar-refractivity contribution >= 4 is 33.4 Å². The molecule has 0 aliphatic heterocycles. The third-order valence-electron chi connectivity index (χ3n) is 2.87. The molecule has 0 bridgehead atoms. The maximum atomic E-state index is 12.4. The predicted molar refractivity (Wildman–Crippen MR) is 86.9 cm³/mol. The summed E-state index contributed by atoms with van der Waals surface area (Å²) < 4.78 is 36.7. The molecule has 2 rings (SSSR count). The minimum atomic E-state index is -4.47. The van der Waals surface area contributed by atoms with Gasteiger partial charge in [-0.05, 0) is 18.4 Å². The smallest absolute Gasteiger partial charge is 0.391 e. The fourth-order valence-corrected chi connectivity index (χ4v) is 4.07. The van der Waals surface area contributed by atoms with Crippen LogP contribution in [0.25, 0.3) is 0 Å². The van der Waals surface area contributed by atoms with Crippen molar-refractivity contribution in [3.8, 4) is 6.01 Å². The molecule has 0 saturated carbocycles. The number of thiophene rings is 1. The van der Waals surface area contributed by atoms with E-state index in [-0.39, 0.29) is 22.2 Å². The molecule has 14 heteroatoms. The number of esters is 1. The van der Waals surface area contributed by atoms with E-state index in [0.29, 0.717) is 4.73 Å². The second-order valence-electron chi connectivity index (χ2n) is 4.40. The van der Waals surface area contributed by atoms with Crippen molar-refractivity contribution in [3.63, 3.8) is 0 Å². The Labute approximate surface area is 150 Å². The molecule has 26 heavy (non-hydrogen) atoms. The van der Waals surface area contributed by atoms with E-state index < -0.39 is 32.6 Å². The highest BCUT2D eigenvalue weighted by Crippen LogP contribution is 2.22. The third kappa shape index (κ3) is 3.55. The number of sulfonamides is 1. The van der Waals surface area contributed by atoms with Crippen molar-refractivity contribution in [2.45, 2.75) is 11.8 Å². The number of amides is 1. The van der Waals surface area contributed by atoms with Gasteiger partial charge in [-0.25, -0.2) is 27.5 Å². The molecule has 0 unspecified atom stereocenters. The number of carbonyl (C=O) groups is 2. The summed E-state index contributed by atoms with van der Waals surface area (Å²) in [5.41, 5.74) is -1.08. The molecular weight excluding hydrogens is 392 g/mol. The molecule has 1 N–H and O–H groups in total. The van der Waals surface area contributed by atoms with Crippen molar-refractivity contribution in [1.82, 2.24) is 19.2 Å². The molecule has 0 aliphatic carbocycles. The van der Waals surface area contributed by atoms with Gasteiger partial charge in [-0.3, -0.25) is 0 Å². The highest BCUT2D eigenvalue weighted by molar-refractivity contribution is 7.90. The second-order valence-corrected chi connectivity index (χ2v) is 6.97. The van der Waals surface area contributed by atoms with Gasteiger partial charge in [-0.1, -0.05) is 4.73 Å². The monoisotopic (exact) mass is 406 g/mol. The average Bonchev–Trinajstić information content (AvgIpc) is 3.19. The van der Waals surface area contributed by atoms with E-state index in [1.807, 2.05) is 0 Å². The molecule has 2 heterocycles. The molecule has 2 aromatic heterocycles. The predicted octanol–water partition coefficient (Wildman–Crippen LogP) is -0.703. The van der Waals surface area contributed by atoms with E-state index in [1.54, 1.807) is 11.6 Å². The summed E-state index contributed by atoms with van der Waals surface area (Å²) in [6.07, 6.45) is 0. The quantitative estimate of drug-likeness (QED) is 0.615. The summed E-state index contributed by atoms with van der Waals surface area (Å²) in [7, 11) is -2.25. The molecule has 0 spiro atoms. The van der Waals surface area contributed by atoms with Crippen LogP contribution in [0.3, 0.4) is 0 Å². The van der Waals surface area contributed by atoms with Crippen molar-refractivity contribution < 1.29 is 32.3 Å². The van der Waals surface area contributed by atoms with Crippen LogP contribution in [0.4, 0.5) is 4.79 Å². The van der Waals surface area contributed by atoms with E-state index in [0.717, 1.165) is 31.6 Å². The van der Waals surface area contributed by atoms with Crippen LogP contribution in [0.15, 0.2) is 21.1 Å². The fraction of sp³-hybridized carbons (Fsp3) is 0.333. The number of hydrogen-bond acceptors (Lipinski definition) is 10. The van der Waals surface area contributed by atoms with Crippen LogP contribution < -0.4 is 20.0 Å². The SMILES string of the molecule is CCOc1nn(C(=O)NS(=O)(=O)c2ccsc2C(=O)OC)c(=O)n1OC. The van der Waals surface area contributed by atoms with Gasteiger partial charge in [0.1, 0.15) is 16.9 Å². The normalized spacial score (nSPS) is 11.0. The van der Waals surface area contributed by atoms with Crippen LogP contribution >= 0.6 is 11.3 Å². The maximum Gasteiger partial charge on any atom is 0.391 e. The number of ether oxygens (including phenoxy) is 2. The van der Waals surface area contributed by atoms with Crippen LogP contribution in [-0.2, 0) is 14.8 Å². The van der Waals surface area contributed by atoms with E-state index >= 15 is 0 Å².